The van der Waals surface area contributed by atoms with Gasteiger partial charge in [0.1, 0.15) is 17.4 Å². The number of aryl methyl sites for hydroxylation is 1. The molecular formula is C22H23F2N5O. The lowest BCUT2D eigenvalue weighted by molar-refractivity contribution is 0.163. The van der Waals surface area contributed by atoms with Gasteiger partial charge in [-0.1, -0.05) is 0 Å². The SMILES string of the molecule is Cc1cc2nc(N3CCC(Oc4ccc(F)cc4F)CC3)c(NC3CC3)nc2cn1. The molecule has 2 aromatic heterocycles. The largest absolute Gasteiger partial charge is 0.487 e. The van der Waals surface area contributed by atoms with E-state index in [1.165, 1.54) is 12.1 Å². The van der Waals surface area contributed by atoms with Gasteiger partial charge >= 0.3 is 0 Å². The van der Waals surface area contributed by atoms with Crippen LogP contribution in [0.3, 0.4) is 0 Å². The minimum atomic E-state index is -0.669. The molecule has 1 aromatic carbocycles. The van der Waals surface area contributed by atoms with Gasteiger partial charge < -0.3 is 15.0 Å². The Morgan fingerprint density at radius 2 is 1.83 bits per heavy atom. The highest BCUT2D eigenvalue weighted by Gasteiger charge is 2.28. The highest BCUT2D eigenvalue weighted by molar-refractivity contribution is 5.80. The predicted molar refractivity (Wildman–Crippen MR) is 111 cm³/mol. The van der Waals surface area contributed by atoms with Crippen molar-refractivity contribution in [3.63, 3.8) is 0 Å². The molecule has 0 spiro atoms. The molecule has 0 bridgehead atoms. The van der Waals surface area contributed by atoms with Gasteiger partial charge in [-0.3, -0.25) is 4.98 Å². The molecule has 0 amide bonds. The number of benzene rings is 1. The quantitative estimate of drug-likeness (QED) is 0.678. The third-order valence-corrected chi connectivity index (χ3v) is 5.52. The van der Waals surface area contributed by atoms with E-state index in [-0.39, 0.29) is 11.9 Å². The van der Waals surface area contributed by atoms with E-state index in [2.05, 4.69) is 15.2 Å². The zero-order chi connectivity index (χ0) is 20.7. The zero-order valence-electron chi connectivity index (χ0n) is 16.7. The smallest absolute Gasteiger partial charge is 0.172 e. The van der Waals surface area contributed by atoms with Crippen LogP contribution in [0.1, 0.15) is 31.4 Å². The molecule has 3 aromatic rings. The summed E-state index contributed by atoms with van der Waals surface area (Å²) in [5, 5.41) is 3.49. The number of halogens is 2. The molecule has 1 saturated heterocycles. The summed E-state index contributed by atoms with van der Waals surface area (Å²) in [6.07, 6.45) is 5.36. The molecular weight excluding hydrogens is 388 g/mol. The van der Waals surface area contributed by atoms with E-state index in [1.807, 2.05) is 13.0 Å². The maximum atomic E-state index is 13.9. The van der Waals surface area contributed by atoms with Crippen molar-refractivity contribution in [1.82, 2.24) is 15.0 Å². The van der Waals surface area contributed by atoms with Gasteiger partial charge in [-0.05, 0) is 38.0 Å². The molecule has 0 unspecified atom stereocenters. The van der Waals surface area contributed by atoms with Crippen LogP contribution in [0.15, 0.2) is 30.5 Å². The third kappa shape index (κ3) is 3.99. The minimum absolute atomic E-state index is 0.0967. The highest BCUT2D eigenvalue weighted by atomic mass is 19.1. The Kier molecular flexibility index (Phi) is 4.84. The average Bonchev–Trinajstić information content (AvgIpc) is 3.54. The number of nitrogens with one attached hydrogen (secondary N) is 1. The first kappa shape index (κ1) is 19.0. The molecule has 156 valence electrons. The van der Waals surface area contributed by atoms with Crippen molar-refractivity contribution < 1.29 is 13.5 Å². The molecule has 0 atom stereocenters. The van der Waals surface area contributed by atoms with Gasteiger partial charge in [0.2, 0.25) is 0 Å². The van der Waals surface area contributed by atoms with E-state index < -0.39 is 11.6 Å². The Morgan fingerprint density at radius 1 is 1.03 bits per heavy atom. The molecule has 1 aliphatic carbocycles. The van der Waals surface area contributed by atoms with Gasteiger partial charge in [0.05, 0.1) is 11.7 Å². The molecule has 0 radical (unpaired) electrons. The Bertz CT molecular complexity index is 1080. The number of piperidine rings is 1. The summed E-state index contributed by atoms with van der Waals surface area (Å²) >= 11 is 0. The Hall–Kier alpha value is -3.03. The predicted octanol–water partition coefficient (Wildman–Crippen LogP) is 4.23. The number of aromatic nitrogens is 3. The topological polar surface area (TPSA) is 63.2 Å². The average molecular weight is 411 g/mol. The van der Waals surface area contributed by atoms with Gasteiger partial charge in [-0.25, -0.2) is 18.7 Å². The molecule has 1 aliphatic heterocycles. The van der Waals surface area contributed by atoms with E-state index in [1.54, 1.807) is 6.20 Å². The molecule has 6 nitrogen and oxygen atoms in total. The summed E-state index contributed by atoms with van der Waals surface area (Å²) in [6.45, 7) is 3.38. The highest BCUT2D eigenvalue weighted by Crippen LogP contribution is 2.32. The normalized spacial score (nSPS) is 17.4. The second kappa shape index (κ2) is 7.66. The number of fused-ring (bicyclic) bond motifs is 1. The summed E-state index contributed by atoms with van der Waals surface area (Å²) in [4.78, 5) is 16.2. The second-order valence-electron chi connectivity index (χ2n) is 8.01. The van der Waals surface area contributed by atoms with Gasteiger partial charge in [0.15, 0.2) is 23.2 Å². The Balaban J connectivity index is 1.34. The molecule has 1 saturated carbocycles. The lowest BCUT2D eigenvalue weighted by Gasteiger charge is -2.33. The number of anilines is 2. The monoisotopic (exact) mass is 411 g/mol. The lowest BCUT2D eigenvalue weighted by Crippen LogP contribution is -2.39. The van der Waals surface area contributed by atoms with Crippen LogP contribution in [-0.2, 0) is 0 Å². The van der Waals surface area contributed by atoms with Crippen molar-refractivity contribution in [2.24, 2.45) is 0 Å². The van der Waals surface area contributed by atoms with E-state index in [9.17, 15) is 8.78 Å². The van der Waals surface area contributed by atoms with E-state index in [0.29, 0.717) is 6.04 Å². The summed E-state index contributed by atoms with van der Waals surface area (Å²) < 4.78 is 32.8. The third-order valence-electron chi connectivity index (χ3n) is 5.52. The van der Waals surface area contributed by atoms with Crippen molar-refractivity contribution in [3.05, 3.63) is 47.8 Å². The minimum Gasteiger partial charge on any atom is -0.487 e. The summed E-state index contributed by atoms with van der Waals surface area (Å²) in [6, 6.07) is 5.81. The molecule has 1 N–H and O–H groups in total. The molecule has 30 heavy (non-hydrogen) atoms. The summed E-state index contributed by atoms with van der Waals surface area (Å²) in [7, 11) is 0. The fourth-order valence-electron chi connectivity index (χ4n) is 3.73. The number of nitrogens with zero attached hydrogens (tertiary/aromatic N) is 4. The van der Waals surface area contributed by atoms with Gasteiger partial charge in [0, 0.05) is 43.7 Å². The first-order valence-electron chi connectivity index (χ1n) is 10.3. The number of hydrogen-bond acceptors (Lipinski definition) is 6. The van der Waals surface area contributed by atoms with Crippen LogP contribution in [-0.4, -0.2) is 40.2 Å². The van der Waals surface area contributed by atoms with Crippen LogP contribution in [0.25, 0.3) is 11.0 Å². The molecule has 5 rings (SSSR count). The van der Waals surface area contributed by atoms with Crippen LogP contribution < -0.4 is 15.0 Å². The second-order valence-corrected chi connectivity index (χ2v) is 8.01. The maximum Gasteiger partial charge on any atom is 0.172 e. The molecule has 3 heterocycles. The number of ether oxygens (including phenoxy) is 1. The summed E-state index contributed by atoms with van der Waals surface area (Å²) in [5.74, 6) is 0.453. The van der Waals surface area contributed by atoms with Gasteiger partial charge in [-0.15, -0.1) is 0 Å². The molecule has 2 fully saturated rings. The van der Waals surface area contributed by atoms with E-state index in [4.69, 9.17) is 14.7 Å². The van der Waals surface area contributed by atoms with Crippen LogP contribution in [0, 0.1) is 18.6 Å². The van der Waals surface area contributed by atoms with Crippen molar-refractivity contribution in [2.45, 2.75) is 44.8 Å². The fourth-order valence-corrected chi connectivity index (χ4v) is 3.73. The van der Waals surface area contributed by atoms with Crippen LogP contribution in [0.2, 0.25) is 0 Å². The van der Waals surface area contributed by atoms with Gasteiger partial charge in [-0.2, -0.15) is 0 Å². The zero-order valence-corrected chi connectivity index (χ0v) is 16.7. The van der Waals surface area contributed by atoms with Crippen molar-refractivity contribution in [1.29, 1.82) is 0 Å². The van der Waals surface area contributed by atoms with Crippen LogP contribution >= 0.6 is 0 Å². The fraction of sp³-hybridized carbons (Fsp3) is 0.409. The van der Waals surface area contributed by atoms with Crippen LogP contribution in [0.5, 0.6) is 5.75 Å². The van der Waals surface area contributed by atoms with Crippen molar-refractivity contribution >= 4 is 22.7 Å². The van der Waals surface area contributed by atoms with E-state index in [0.717, 1.165) is 73.2 Å². The first-order chi connectivity index (χ1) is 14.5. The Labute approximate surface area is 173 Å². The lowest BCUT2D eigenvalue weighted by atomic mass is 10.1. The molecule has 2 aliphatic rings. The number of pyridine rings is 1. The molecule has 8 heteroatoms. The Morgan fingerprint density at radius 3 is 2.57 bits per heavy atom. The number of rotatable bonds is 5. The summed E-state index contributed by atoms with van der Waals surface area (Å²) in [5.41, 5.74) is 2.50. The number of hydrogen-bond donors (Lipinski definition) is 1. The standard InChI is InChI=1S/C22H23F2N5O/c1-13-10-18-19(12-25-13)27-21(26-15-3-4-15)22(28-18)29-8-6-16(7-9-29)30-20-5-2-14(23)11-17(20)24/h2,5,10-12,15-16H,3-4,6-9H2,1H3,(H,26,27). The van der Waals surface area contributed by atoms with Crippen molar-refractivity contribution in [2.75, 3.05) is 23.3 Å². The van der Waals surface area contributed by atoms with Gasteiger partial charge in [0.25, 0.3) is 0 Å². The van der Waals surface area contributed by atoms with E-state index >= 15 is 0 Å². The van der Waals surface area contributed by atoms with Crippen molar-refractivity contribution in [3.8, 4) is 5.75 Å². The maximum absolute atomic E-state index is 13.9. The van der Waals surface area contributed by atoms with Crippen LogP contribution in [0.4, 0.5) is 20.4 Å². The first-order valence-corrected chi connectivity index (χ1v) is 10.3.